The van der Waals surface area contributed by atoms with Crippen LogP contribution in [0, 0.1) is 5.41 Å². The summed E-state index contributed by atoms with van der Waals surface area (Å²) in [5, 5.41) is 0. The number of likely N-dealkylation sites (tertiary alicyclic amines) is 1. The summed E-state index contributed by atoms with van der Waals surface area (Å²) in [6, 6.07) is 14.9. The van der Waals surface area contributed by atoms with E-state index in [1.165, 1.54) is 0 Å². The summed E-state index contributed by atoms with van der Waals surface area (Å²) in [5.41, 5.74) is 0.165. The summed E-state index contributed by atoms with van der Waals surface area (Å²) in [4.78, 5) is 27.8. The van der Waals surface area contributed by atoms with Crippen molar-refractivity contribution in [2.24, 2.45) is 5.41 Å². The van der Waals surface area contributed by atoms with E-state index in [2.05, 4.69) is 0 Å². The molecule has 0 aromatic heterocycles. The van der Waals surface area contributed by atoms with Crippen LogP contribution in [0.25, 0.3) is 0 Å². The van der Waals surface area contributed by atoms with Crippen LogP contribution in [0.4, 0.5) is 0 Å². The number of ether oxygens (including phenoxy) is 4. The fraction of sp³-hybridized carbons (Fsp3) is 0.440. The summed E-state index contributed by atoms with van der Waals surface area (Å²) in [6.07, 6.45) is 1.84. The zero-order valence-electron chi connectivity index (χ0n) is 19.0. The van der Waals surface area contributed by atoms with E-state index >= 15 is 0 Å². The summed E-state index contributed by atoms with van der Waals surface area (Å²) in [5.74, 6) is 1.36. The van der Waals surface area contributed by atoms with E-state index in [0.29, 0.717) is 43.9 Å². The topological polar surface area (TPSA) is 74.3 Å². The van der Waals surface area contributed by atoms with E-state index in [1.807, 2.05) is 36.4 Å². The highest BCUT2D eigenvalue weighted by Crippen LogP contribution is 2.36. The van der Waals surface area contributed by atoms with Crippen molar-refractivity contribution in [1.82, 2.24) is 4.90 Å². The molecule has 1 atom stereocenters. The molecule has 0 aliphatic carbocycles. The van der Waals surface area contributed by atoms with Gasteiger partial charge in [-0.05, 0) is 56.0 Å². The van der Waals surface area contributed by atoms with Gasteiger partial charge in [0.25, 0.3) is 5.91 Å². The molecule has 0 N–H and O–H groups in total. The number of para-hydroxylation sites is 2. The highest BCUT2D eigenvalue weighted by atomic mass is 16.5. The number of methoxy groups -OCH3 is 2. The van der Waals surface area contributed by atoms with E-state index in [0.717, 1.165) is 11.3 Å². The maximum absolute atomic E-state index is 13.1. The van der Waals surface area contributed by atoms with Crippen LogP contribution in [0.1, 0.15) is 25.3 Å². The molecule has 1 fully saturated rings. The maximum Gasteiger partial charge on any atom is 0.314 e. The van der Waals surface area contributed by atoms with Gasteiger partial charge in [0.05, 0.1) is 26.2 Å². The van der Waals surface area contributed by atoms with Gasteiger partial charge in [-0.25, -0.2) is 0 Å². The van der Waals surface area contributed by atoms with Crippen molar-refractivity contribution in [2.45, 2.75) is 26.2 Å². The predicted molar refractivity (Wildman–Crippen MR) is 120 cm³/mol. The van der Waals surface area contributed by atoms with Crippen LogP contribution in [0.2, 0.25) is 0 Å². The minimum atomic E-state index is -0.805. The molecule has 172 valence electrons. The smallest absolute Gasteiger partial charge is 0.314 e. The molecule has 1 saturated heterocycles. The van der Waals surface area contributed by atoms with E-state index < -0.39 is 5.41 Å². The van der Waals surface area contributed by atoms with Crippen LogP contribution in [-0.2, 0) is 20.7 Å². The average molecular weight is 442 g/mol. The second-order valence-electron chi connectivity index (χ2n) is 7.89. The van der Waals surface area contributed by atoms with Crippen molar-refractivity contribution in [3.8, 4) is 17.2 Å². The van der Waals surface area contributed by atoms with Crippen molar-refractivity contribution in [3.63, 3.8) is 0 Å². The van der Waals surface area contributed by atoms with E-state index in [-0.39, 0.29) is 25.0 Å². The number of nitrogens with zero attached hydrogens (tertiary/aromatic N) is 1. The van der Waals surface area contributed by atoms with E-state index in [4.69, 9.17) is 18.9 Å². The molecule has 7 heteroatoms. The minimum Gasteiger partial charge on any atom is -0.497 e. The monoisotopic (exact) mass is 441 g/mol. The highest BCUT2D eigenvalue weighted by molar-refractivity contribution is 5.82. The van der Waals surface area contributed by atoms with Crippen molar-refractivity contribution >= 4 is 11.9 Å². The van der Waals surface area contributed by atoms with Gasteiger partial charge >= 0.3 is 5.97 Å². The Morgan fingerprint density at radius 3 is 2.53 bits per heavy atom. The number of hydrogen-bond donors (Lipinski definition) is 0. The number of benzene rings is 2. The lowest BCUT2D eigenvalue weighted by Crippen LogP contribution is -2.52. The van der Waals surface area contributed by atoms with Gasteiger partial charge in [0.2, 0.25) is 0 Å². The number of hydrogen-bond acceptors (Lipinski definition) is 6. The number of amides is 1. The van der Waals surface area contributed by atoms with Gasteiger partial charge in [0, 0.05) is 13.1 Å². The predicted octanol–water partition coefficient (Wildman–Crippen LogP) is 3.50. The van der Waals surface area contributed by atoms with E-state index in [1.54, 1.807) is 38.2 Å². The first-order valence-electron chi connectivity index (χ1n) is 10.8. The van der Waals surface area contributed by atoms with Crippen LogP contribution in [0.3, 0.4) is 0 Å². The van der Waals surface area contributed by atoms with Crippen LogP contribution < -0.4 is 14.2 Å². The van der Waals surface area contributed by atoms with Gasteiger partial charge in [-0.2, -0.15) is 0 Å². The molecule has 0 unspecified atom stereocenters. The first-order chi connectivity index (χ1) is 15.5. The third kappa shape index (κ3) is 5.52. The van der Waals surface area contributed by atoms with Gasteiger partial charge in [0.15, 0.2) is 18.1 Å². The van der Waals surface area contributed by atoms with E-state index in [9.17, 15) is 9.59 Å². The molecule has 7 nitrogen and oxygen atoms in total. The largest absolute Gasteiger partial charge is 0.497 e. The molecule has 1 aliphatic rings. The van der Waals surface area contributed by atoms with Crippen molar-refractivity contribution < 1.29 is 28.5 Å². The lowest BCUT2D eigenvalue weighted by atomic mass is 9.75. The van der Waals surface area contributed by atoms with Crippen LogP contribution in [0.15, 0.2) is 48.5 Å². The summed E-state index contributed by atoms with van der Waals surface area (Å²) >= 11 is 0. The zero-order chi connectivity index (χ0) is 23.0. The molecule has 32 heavy (non-hydrogen) atoms. The number of rotatable bonds is 9. The number of carbonyl (C=O) groups excluding carboxylic acids is 2. The SMILES string of the molecule is CCOC(=O)[C@]1(Cc2cccc(OC)c2)CCCN(C(=O)COc2ccccc2OC)C1. The molecule has 0 bridgehead atoms. The van der Waals surface area contributed by atoms with Crippen molar-refractivity contribution in [3.05, 3.63) is 54.1 Å². The molecular weight excluding hydrogens is 410 g/mol. The molecule has 2 aromatic carbocycles. The van der Waals surface area contributed by atoms with Crippen LogP contribution in [0.5, 0.6) is 17.2 Å². The Hall–Kier alpha value is -3.22. The van der Waals surface area contributed by atoms with Crippen molar-refractivity contribution in [2.75, 3.05) is 40.5 Å². The van der Waals surface area contributed by atoms with Crippen LogP contribution >= 0.6 is 0 Å². The Morgan fingerprint density at radius 1 is 1.03 bits per heavy atom. The molecule has 3 rings (SSSR count). The minimum absolute atomic E-state index is 0.127. The highest BCUT2D eigenvalue weighted by Gasteiger charge is 2.44. The van der Waals surface area contributed by atoms with Gasteiger partial charge in [0.1, 0.15) is 5.75 Å². The lowest BCUT2D eigenvalue weighted by molar-refractivity contribution is -0.161. The maximum atomic E-state index is 13.1. The molecule has 1 amide bonds. The number of carbonyl (C=O) groups is 2. The molecule has 1 heterocycles. The summed E-state index contributed by atoms with van der Waals surface area (Å²) in [6.45, 7) is 2.83. The fourth-order valence-corrected chi connectivity index (χ4v) is 4.15. The van der Waals surface area contributed by atoms with Gasteiger partial charge < -0.3 is 23.8 Å². The Labute approximate surface area is 189 Å². The normalized spacial score (nSPS) is 18.0. The first kappa shape index (κ1) is 23.4. The average Bonchev–Trinajstić information content (AvgIpc) is 2.83. The summed E-state index contributed by atoms with van der Waals surface area (Å²) < 4.78 is 21.8. The quantitative estimate of drug-likeness (QED) is 0.555. The van der Waals surface area contributed by atoms with Gasteiger partial charge in [-0.15, -0.1) is 0 Å². The molecular formula is C25H31NO6. The standard InChI is InChI=1S/C25H31NO6/c1-4-31-24(28)25(16-19-9-7-10-20(15-19)29-2)13-8-14-26(18-25)23(27)17-32-22-12-6-5-11-21(22)30-3/h5-7,9-12,15H,4,8,13-14,16-18H2,1-3H3/t25-/m0/s1. The third-order valence-corrected chi connectivity index (χ3v) is 5.73. The number of piperidine rings is 1. The summed E-state index contributed by atoms with van der Waals surface area (Å²) in [7, 11) is 3.17. The van der Waals surface area contributed by atoms with Crippen LogP contribution in [-0.4, -0.2) is 57.3 Å². The zero-order valence-corrected chi connectivity index (χ0v) is 19.0. The second kappa shape index (κ2) is 10.9. The molecule has 2 aromatic rings. The lowest BCUT2D eigenvalue weighted by Gasteiger charge is -2.41. The third-order valence-electron chi connectivity index (χ3n) is 5.73. The molecule has 0 spiro atoms. The second-order valence-corrected chi connectivity index (χ2v) is 7.89. The van der Waals surface area contributed by atoms with Gasteiger partial charge in [-0.3, -0.25) is 9.59 Å². The fourth-order valence-electron chi connectivity index (χ4n) is 4.15. The Morgan fingerprint density at radius 2 is 1.81 bits per heavy atom. The molecule has 1 aliphatic heterocycles. The Kier molecular flexibility index (Phi) is 7.98. The van der Waals surface area contributed by atoms with Crippen molar-refractivity contribution in [1.29, 1.82) is 0 Å². The molecule has 0 radical (unpaired) electrons. The molecule has 0 saturated carbocycles. The Bertz CT molecular complexity index is 930. The number of esters is 1. The first-order valence-corrected chi connectivity index (χ1v) is 10.8. The Balaban J connectivity index is 1.75. The van der Waals surface area contributed by atoms with Gasteiger partial charge in [-0.1, -0.05) is 24.3 Å².